The SMILES string of the molecule is CCCCN(C)c1cc(NCCC(C)=O)ncn1. The highest BCUT2D eigenvalue weighted by molar-refractivity contribution is 5.75. The van der Waals surface area contributed by atoms with Crippen molar-refractivity contribution in [2.75, 3.05) is 30.4 Å². The molecular formula is C13H22N4O. The Morgan fingerprint density at radius 1 is 1.44 bits per heavy atom. The Balaban J connectivity index is 2.53. The topological polar surface area (TPSA) is 58.1 Å². The molecular weight excluding hydrogens is 228 g/mol. The smallest absolute Gasteiger partial charge is 0.133 e. The molecule has 0 unspecified atom stereocenters. The minimum atomic E-state index is 0.178. The maximum atomic E-state index is 10.8. The van der Waals surface area contributed by atoms with Gasteiger partial charge in [-0.15, -0.1) is 0 Å². The number of anilines is 2. The lowest BCUT2D eigenvalue weighted by molar-refractivity contribution is -0.116. The van der Waals surface area contributed by atoms with Gasteiger partial charge in [-0.05, 0) is 13.3 Å². The fourth-order valence-electron chi connectivity index (χ4n) is 1.53. The second-order valence-electron chi connectivity index (χ2n) is 4.42. The lowest BCUT2D eigenvalue weighted by Crippen LogP contribution is -2.20. The van der Waals surface area contributed by atoms with Crippen LogP contribution in [0, 0.1) is 0 Å². The quantitative estimate of drug-likeness (QED) is 0.765. The van der Waals surface area contributed by atoms with Crippen LogP contribution in [0.3, 0.4) is 0 Å². The Morgan fingerprint density at radius 2 is 2.22 bits per heavy atom. The monoisotopic (exact) mass is 250 g/mol. The maximum Gasteiger partial charge on any atom is 0.133 e. The number of carbonyl (C=O) groups excluding carboxylic acids is 1. The van der Waals surface area contributed by atoms with Gasteiger partial charge in [0.1, 0.15) is 23.7 Å². The summed E-state index contributed by atoms with van der Waals surface area (Å²) < 4.78 is 0. The Morgan fingerprint density at radius 3 is 2.89 bits per heavy atom. The molecule has 0 bridgehead atoms. The number of hydrogen-bond donors (Lipinski definition) is 1. The van der Waals surface area contributed by atoms with Crippen molar-refractivity contribution in [1.29, 1.82) is 0 Å². The van der Waals surface area contributed by atoms with Crippen LogP contribution in [0.25, 0.3) is 0 Å². The van der Waals surface area contributed by atoms with Crippen molar-refractivity contribution in [1.82, 2.24) is 9.97 Å². The summed E-state index contributed by atoms with van der Waals surface area (Å²) in [5.74, 6) is 1.85. The van der Waals surface area contributed by atoms with E-state index < -0.39 is 0 Å². The second kappa shape index (κ2) is 7.63. The first-order valence-corrected chi connectivity index (χ1v) is 6.40. The molecule has 0 aromatic carbocycles. The zero-order valence-corrected chi connectivity index (χ0v) is 11.4. The molecule has 0 atom stereocenters. The standard InChI is InChI=1S/C13H22N4O/c1-4-5-8-17(3)13-9-12(15-10-16-13)14-7-6-11(2)18/h9-10H,4-8H2,1-3H3,(H,14,15,16). The number of unbranched alkanes of at least 4 members (excludes halogenated alkanes) is 1. The molecule has 0 aliphatic carbocycles. The second-order valence-corrected chi connectivity index (χ2v) is 4.42. The van der Waals surface area contributed by atoms with Gasteiger partial charge in [0.05, 0.1) is 0 Å². The molecule has 1 aromatic heterocycles. The van der Waals surface area contributed by atoms with Crippen molar-refractivity contribution in [3.8, 4) is 0 Å². The lowest BCUT2D eigenvalue weighted by Gasteiger charge is -2.18. The highest BCUT2D eigenvalue weighted by atomic mass is 16.1. The van der Waals surface area contributed by atoms with E-state index in [0.717, 1.165) is 24.6 Å². The van der Waals surface area contributed by atoms with E-state index in [1.165, 1.54) is 6.42 Å². The van der Waals surface area contributed by atoms with Gasteiger partial charge in [0.15, 0.2) is 0 Å². The summed E-state index contributed by atoms with van der Waals surface area (Å²) in [6, 6.07) is 1.91. The molecule has 18 heavy (non-hydrogen) atoms. The molecule has 100 valence electrons. The molecule has 0 aliphatic rings. The number of nitrogens with one attached hydrogen (secondary N) is 1. The van der Waals surface area contributed by atoms with E-state index in [1.807, 2.05) is 13.1 Å². The van der Waals surface area contributed by atoms with Crippen LogP contribution in [-0.4, -0.2) is 35.9 Å². The summed E-state index contributed by atoms with van der Waals surface area (Å²) in [5, 5.41) is 3.13. The van der Waals surface area contributed by atoms with Crippen molar-refractivity contribution in [2.45, 2.75) is 33.1 Å². The summed E-state index contributed by atoms with van der Waals surface area (Å²) in [6.07, 6.45) is 4.38. The molecule has 5 heteroatoms. The van der Waals surface area contributed by atoms with Gasteiger partial charge in [-0.1, -0.05) is 13.3 Å². The fourth-order valence-corrected chi connectivity index (χ4v) is 1.53. The van der Waals surface area contributed by atoms with Gasteiger partial charge >= 0.3 is 0 Å². The number of carbonyl (C=O) groups is 1. The van der Waals surface area contributed by atoms with Crippen molar-refractivity contribution >= 4 is 17.4 Å². The summed E-state index contributed by atoms with van der Waals surface area (Å²) in [4.78, 5) is 21.3. The zero-order chi connectivity index (χ0) is 13.4. The van der Waals surface area contributed by atoms with Crippen LogP contribution < -0.4 is 10.2 Å². The lowest BCUT2D eigenvalue weighted by atomic mass is 10.3. The largest absolute Gasteiger partial charge is 0.369 e. The van der Waals surface area contributed by atoms with Gasteiger partial charge in [-0.25, -0.2) is 9.97 Å². The van der Waals surface area contributed by atoms with E-state index in [4.69, 9.17) is 0 Å². The van der Waals surface area contributed by atoms with E-state index in [9.17, 15) is 4.79 Å². The van der Waals surface area contributed by atoms with E-state index >= 15 is 0 Å². The maximum absolute atomic E-state index is 10.8. The van der Waals surface area contributed by atoms with E-state index in [0.29, 0.717) is 13.0 Å². The number of rotatable bonds is 8. The highest BCUT2D eigenvalue weighted by Crippen LogP contribution is 2.13. The third-order valence-corrected chi connectivity index (χ3v) is 2.67. The predicted octanol–water partition coefficient (Wildman–Crippen LogP) is 2.10. The Labute approximate surface area is 109 Å². The fraction of sp³-hybridized carbons (Fsp3) is 0.615. The van der Waals surface area contributed by atoms with Gasteiger partial charge in [0.2, 0.25) is 0 Å². The normalized spacial score (nSPS) is 10.2. The van der Waals surface area contributed by atoms with E-state index in [1.54, 1.807) is 13.3 Å². The number of Topliss-reactive ketones (excluding diaryl/α,β-unsaturated/α-hetero) is 1. The number of ketones is 1. The summed E-state index contributed by atoms with van der Waals surface area (Å²) in [5.41, 5.74) is 0. The van der Waals surface area contributed by atoms with Gasteiger partial charge < -0.3 is 10.2 Å². The van der Waals surface area contributed by atoms with Crippen molar-refractivity contribution < 1.29 is 4.79 Å². The number of hydrogen-bond acceptors (Lipinski definition) is 5. The van der Waals surface area contributed by atoms with Gasteiger partial charge in [-0.3, -0.25) is 4.79 Å². The first-order chi connectivity index (χ1) is 8.63. The molecule has 1 N–H and O–H groups in total. The molecule has 0 fully saturated rings. The molecule has 0 saturated carbocycles. The Kier molecular flexibility index (Phi) is 6.11. The molecule has 1 rings (SSSR count). The minimum Gasteiger partial charge on any atom is -0.369 e. The average Bonchev–Trinajstić information content (AvgIpc) is 2.36. The Bertz CT molecular complexity index is 381. The van der Waals surface area contributed by atoms with Crippen LogP contribution in [0.4, 0.5) is 11.6 Å². The summed E-state index contributed by atoms with van der Waals surface area (Å²) >= 11 is 0. The highest BCUT2D eigenvalue weighted by Gasteiger charge is 2.03. The number of nitrogens with zero attached hydrogens (tertiary/aromatic N) is 3. The predicted molar refractivity (Wildman–Crippen MR) is 74.0 cm³/mol. The molecule has 0 radical (unpaired) electrons. The van der Waals surface area contributed by atoms with Crippen molar-refractivity contribution in [2.24, 2.45) is 0 Å². The van der Waals surface area contributed by atoms with Gasteiger partial charge in [-0.2, -0.15) is 0 Å². The molecule has 5 nitrogen and oxygen atoms in total. The van der Waals surface area contributed by atoms with Crippen LogP contribution in [0.2, 0.25) is 0 Å². The van der Waals surface area contributed by atoms with Gasteiger partial charge in [0, 0.05) is 32.6 Å². The summed E-state index contributed by atoms with van der Waals surface area (Å²) in [7, 11) is 2.03. The molecule has 0 spiro atoms. The molecule has 0 amide bonds. The van der Waals surface area contributed by atoms with E-state index in [-0.39, 0.29) is 5.78 Å². The number of aromatic nitrogens is 2. The third-order valence-electron chi connectivity index (χ3n) is 2.67. The van der Waals surface area contributed by atoms with E-state index in [2.05, 4.69) is 27.1 Å². The minimum absolute atomic E-state index is 0.178. The molecule has 1 aromatic rings. The van der Waals surface area contributed by atoms with Crippen LogP contribution in [0.5, 0.6) is 0 Å². The molecule has 1 heterocycles. The van der Waals surface area contributed by atoms with Crippen LogP contribution >= 0.6 is 0 Å². The first-order valence-electron chi connectivity index (χ1n) is 6.40. The first kappa shape index (κ1) is 14.4. The zero-order valence-electron chi connectivity index (χ0n) is 11.4. The average molecular weight is 250 g/mol. The van der Waals surface area contributed by atoms with Crippen LogP contribution in [-0.2, 0) is 4.79 Å². The van der Waals surface area contributed by atoms with Crippen LogP contribution in [0.1, 0.15) is 33.1 Å². The van der Waals surface area contributed by atoms with Crippen LogP contribution in [0.15, 0.2) is 12.4 Å². The third kappa shape index (κ3) is 5.12. The summed E-state index contributed by atoms with van der Waals surface area (Å²) in [6.45, 7) is 5.36. The Hall–Kier alpha value is -1.65. The van der Waals surface area contributed by atoms with Crippen molar-refractivity contribution in [3.05, 3.63) is 12.4 Å². The van der Waals surface area contributed by atoms with Crippen molar-refractivity contribution in [3.63, 3.8) is 0 Å². The van der Waals surface area contributed by atoms with Gasteiger partial charge in [0.25, 0.3) is 0 Å². The molecule has 0 aliphatic heterocycles. The molecule has 0 saturated heterocycles.